The molecule has 1 amide bonds. The highest BCUT2D eigenvalue weighted by molar-refractivity contribution is 5.92. The first-order valence-corrected chi connectivity index (χ1v) is 6.97. The van der Waals surface area contributed by atoms with E-state index in [-0.39, 0.29) is 24.2 Å². The zero-order valence-electron chi connectivity index (χ0n) is 11.7. The summed E-state index contributed by atoms with van der Waals surface area (Å²) in [5, 5.41) is 16.1. The van der Waals surface area contributed by atoms with Crippen LogP contribution in [0.4, 0.5) is 0 Å². The number of carboxylic acid groups (broad SMARTS) is 1. The van der Waals surface area contributed by atoms with Crippen molar-refractivity contribution in [3.63, 3.8) is 0 Å². The number of hydrogen-bond donors (Lipinski definition) is 1. The van der Waals surface area contributed by atoms with Crippen LogP contribution >= 0.6 is 0 Å². The van der Waals surface area contributed by atoms with Crippen LogP contribution in [0.1, 0.15) is 49.0 Å². The molecule has 1 aliphatic carbocycles. The fraction of sp³-hybridized carbons (Fsp3) is 0.692. The summed E-state index contributed by atoms with van der Waals surface area (Å²) in [6, 6.07) is 0.245. The highest BCUT2D eigenvalue weighted by Gasteiger charge is 2.24. The molecule has 20 heavy (non-hydrogen) atoms. The summed E-state index contributed by atoms with van der Waals surface area (Å²) in [6.45, 7) is -0.284. The Morgan fingerprint density at radius 1 is 1.35 bits per heavy atom. The maximum atomic E-state index is 12.3. The highest BCUT2D eigenvalue weighted by Crippen LogP contribution is 2.21. The van der Waals surface area contributed by atoms with E-state index in [0.29, 0.717) is 0 Å². The van der Waals surface area contributed by atoms with Crippen molar-refractivity contribution in [3.05, 3.63) is 11.9 Å². The first kappa shape index (κ1) is 14.5. The fourth-order valence-electron chi connectivity index (χ4n) is 2.60. The minimum absolute atomic E-state index is 0.187. The van der Waals surface area contributed by atoms with Crippen molar-refractivity contribution < 1.29 is 14.7 Å². The summed E-state index contributed by atoms with van der Waals surface area (Å²) in [5.74, 6) is -1.19. The Balaban J connectivity index is 2.01. The van der Waals surface area contributed by atoms with Gasteiger partial charge in [0, 0.05) is 13.1 Å². The Bertz CT molecular complexity index is 478. The van der Waals surface area contributed by atoms with Gasteiger partial charge < -0.3 is 10.0 Å². The third-order valence-corrected chi connectivity index (χ3v) is 3.75. The maximum absolute atomic E-state index is 12.3. The zero-order chi connectivity index (χ0) is 14.5. The minimum Gasteiger partial charge on any atom is -0.480 e. The zero-order valence-corrected chi connectivity index (χ0v) is 11.7. The average Bonchev–Trinajstić information content (AvgIpc) is 2.70. The van der Waals surface area contributed by atoms with Crippen molar-refractivity contribution >= 4 is 11.9 Å². The molecule has 110 valence electrons. The van der Waals surface area contributed by atoms with Gasteiger partial charge in [0.2, 0.25) is 0 Å². The number of carbonyl (C=O) groups excluding carboxylic acids is 1. The van der Waals surface area contributed by atoms with Crippen LogP contribution in [0.15, 0.2) is 6.20 Å². The Hall–Kier alpha value is -1.92. The van der Waals surface area contributed by atoms with Gasteiger partial charge in [-0.25, -0.2) is 4.68 Å². The lowest BCUT2D eigenvalue weighted by molar-refractivity contribution is -0.137. The van der Waals surface area contributed by atoms with Gasteiger partial charge in [-0.2, -0.15) is 0 Å². The molecule has 1 fully saturated rings. The Morgan fingerprint density at radius 2 is 2.00 bits per heavy atom. The number of amides is 1. The smallest absolute Gasteiger partial charge is 0.325 e. The summed E-state index contributed by atoms with van der Waals surface area (Å²) in [4.78, 5) is 24.6. The molecule has 0 aliphatic heterocycles. The van der Waals surface area contributed by atoms with Gasteiger partial charge in [-0.05, 0) is 12.8 Å². The van der Waals surface area contributed by atoms with Gasteiger partial charge in [0.25, 0.3) is 5.91 Å². The summed E-state index contributed by atoms with van der Waals surface area (Å²) < 4.78 is 1.16. The van der Waals surface area contributed by atoms with Gasteiger partial charge in [0.05, 0.1) is 6.20 Å². The van der Waals surface area contributed by atoms with Gasteiger partial charge >= 0.3 is 5.97 Å². The summed E-state index contributed by atoms with van der Waals surface area (Å²) in [7, 11) is 1.79. The monoisotopic (exact) mass is 280 g/mol. The molecule has 0 aromatic carbocycles. The van der Waals surface area contributed by atoms with E-state index in [2.05, 4.69) is 10.3 Å². The number of rotatable bonds is 4. The molecule has 1 aromatic heterocycles. The Labute approximate surface area is 117 Å². The van der Waals surface area contributed by atoms with Crippen LogP contribution in [0, 0.1) is 0 Å². The fourth-order valence-corrected chi connectivity index (χ4v) is 2.60. The molecule has 0 radical (unpaired) electrons. The second-order valence-corrected chi connectivity index (χ2v) is 5.26. The SMILES string of the molecule is CN(C(=O)c1cn(CC(=O)O)nn1)C1CCCCCC1. The third-order valence-electron chi connectivity index (χ3n) is 3.75. The summed E-state index contributed by atoms with van der Waals surface area (Å²) in [5.41, 5.74) is 0.206. The van der Waals surface area contributed by atoms with E-state index in [1.54, 1.807) is 11.9 Å². The summed E-state index contributed by atoms with van der Waals surface area (Å²) >= 11 is 0. The van der Waals surface area contributed by atoms with Gasteiger partial charge in [0.1, 0.15) is 6.54 Å². The van der Waals surface area contributed by atoms with Gasteiger partial charge in [0.15, 0.2) is 5.69 Å². The predicted molar refractivity (Wildman–Crippen MR) is 71.2 cm³/mol. The maximum Gasteiger partial charge on any atom is 0.325 e. The van der Waals surface area contributed by atoms with Crippen LogP contribution in [0.3, 0.4) is 0 Å². The molecular formula is C13H20N4O3. The van der Waals surface area contributed by atoms with E-state index in [1.807, 2.05) is 0 Å². The van der Waals surface area contributed by atoms with Crippen molar-refractivity contribution in [2.75, 3.05) is 7.05 Å². The second-order valence-electron chi connectivity index (χ2n) is 5.26. The van der Waals surface area contributed by atoms with E-state index in [4.69, 9.17) is 5.11 Å². The third kappa shape index (κ3) is 3.55. The molecule has 0 unspecified atom stereocenters. The molecule has 0 saturated heterocycles. The van der Waals surface area contributed by atoms with Crippen LogP contribution in [0.2, 0.25) is 0 Å². The van der Waals surface area contributed by atoms with Crippen LogP contribution in [-0.4, -0.2) is 50.0 Å². The van der Waals surface area contributed by atoms with E-state index >= 15 is 0 Å². The lowest BCUT2D eigenvalue weighted by atomic mass is 10.1. The molecule has 0 bridgehead atoms. The molecule has 0 atom stereocenters. The van der Waals surface area contributed by atoms with E-state index in [1.165, 1.54) is 19.0 Å². The van der Waals surface area contributed by atoms with E-state index in [0.717, 1.165) is 30.4 Å². The first-order chi connectivity index (χ1) is 9.58. The molecule has 1 heterocycles. The molecule has 2 rings (SSSR count). The van der Waals surface area contributed by atoms with Crippen molar-refractivity contribution in [2.45, 2.75) is 51.1 Å². The highest BCUT2D eigenvalue weighted by atomic mass is 16.4. The average molecular weight is 280 g/mol. The number of aliphatic carboxylic acids is 1. The van der Waals surface area contributed by atoms with Crippen molar-refractivity contribution in [2.24, 2.45) is 0 Å². The summed E-state index contributed by atoms with van der Waals surface area (Å²) in [6.07, 6.45) is 8.18. The molecule has 1 N–H and O–H groups in total. The normalized spacial score (nSPS) is 16.6. The van der Waals surface area contributed by atoms with Gasteiger partial charge in [-0.3, -0.25) is 9.59 Å². The number of carboxylic acids is 1. The van der Waals surface area contributed by atoms with Crippen molar-refractivity contribution in [1.29, 1.82) is 0 Å². The number of carbonyl (C=O) groups is 2. The largest absolute Gasteiger partial charge is 0.480 e. The first-order valence-electron chi connectivity index (χ1n) is 6.97. The molecular weight excluding hydrogens is 260 g/mol. The number of aromatic nitrogens is 3. The molecule has 7 nitrogen and oxygen atoms in total. The quantitative estimate of drug-likeness (QED) is 0.836. The Morgan fingerprint density at radius 3 is 2.60 bits per heavy atom. The van der Waals surface area contributed by atoms with Crippen molar-refractivity contribution in [3.8, 4) is 0 Å². The minimum atomic E-state index is -1.01. The van der Waals surface area contributed by atoms with E-state index < -0.39 is 5.97 Å². The van der Waals surface area contributed by atoms with Crippen LogP contribution in [-0.2, 0) is 11.3 Å². The lowest BCUT2D eigenvalue weighted by Gasteiger charge is -2.26. The van der Waals surface area contributed by atoms with Crippen LogP contribution in [0.5, 0.6) is 0 Å². The number of nitrogens with zero attached hydrogens (tertiary/aromatic N) is 4. The predicted octanol–water partition coefficient (Wildman–Crippen LogP) is 1.16. The van der Waals surface area contributed by atoms with Crippen molar-refractivity contribution in [1.82, 2.24) is 19.9 Å². The van der Waals surface area contributed by atoms with E-state index in [9.17, 15) is 9.59 Å². The van der Waals surface area contributed by atoms with Crippen LogP contribution < -0.4 is 0 Å². The molecule has 1 saturated carbocycles. The topological polar surface area (TPSA) is 88.3 Å². The Kier molecular flexibility index (Phi) is 4.70. The molecule has 7 heteroatoms. The molecule has 0 spiro atoms. The molecule has 1 aliphatic rings. The van der Waals surface area contributed by atoms with Gasteiger partial charge in [-0.1, -0.05) is 30.9 Å². The van der Waals surface area contributed by atoms with Crippen LogP contribution in [0.25, 0.3) is 0 Å². The second kappa shape index (κ2) is 6.49. The molecule has 1 aromatic rings. The lowest BCUT2D eigenvalue weighted by Crippen LogP contribution is -2.37. The van der Waals surface area contributed by atoms with Gasteiger partial charge in [-0.15, -0.1) is 5.10 Å². The standard InChI is InChI=1S/C13H20N4O3/c1-16(10-6-4-2-3-5-7-10)13(20)11-8-17(15-14-11)9-12(18)19/h8,10H,2-7,9H2,1H3,(H,18,19). The number of hydrogen-bond acceptors (Lipinski definition) is 4.